The largest absolute Gasteiger partial charge is 0.306 e. The van der Waals surface area contributed by atoms with Crippen LogP contribution in [0.1, 0.15) is 29.9 Å². The third-order valence-corrected chi connectivity index (χ3v) is 3.56. The van der Waals surface area contributed by atoms with Crippen molar-refractivity contribution in [2.75, 3.05) is 27.2 Å². The molecule has 94 valence electrons. The quantitative estimate of drug-likeness (QED) is 0.808. The lowest BCUT2D eigenvalue weighted by Crippen LogP contribution is -2.29. The number of benzene rings is 1. The van der Waals surface area contributed by atoms with E-state index in [9.17, 15) is 0 Å². The highest BCUT2D eigenvalue weighted by atomic mass is 16.6. The first kappa shape index (κ1) is 12.6. The van der Waals surface area contributed by atoms with Crippen LogP contribution >= 0.6 is 0 Å². The molecule has 0 bridgehead atoms. The minimum Gasteiger partial charge on any atom is -0.306 e. The van der Waals surface area contributed by atoms with Crippen LogP contribution in [0.5, 0.6) is 0 Å². The number of nitrogens with one attached hydrogen (secondary N) is 1. The maximum Gasteiger partial charge on any atom is 0.0572 e. The second kappa shape index (κ2) is 6.15. The Morgan fingerprint density at radius 1 is 1.35 bits per heavy atom. The molecule has 1 saturated heterocycles. The number of nitrogens with zero attached hydrogens (tertiary/aromatic N) is 1. The van der Waals surface area contributed by atoms with E-state index < -0.39 is 0 Å². The Bertz CT molecular complexity index is 346. The van der Waals surface area contributed by atoms with Gasteiger partial charge in [0.25, 0.3) is 0 Å². The maximum absolute atomic E-state index is 4.89. The van der Waals surface area contributed by atoms with Gasteiger partial charge in [0.05, 0.1) is 7.11 Å². The molecule has 1 aromatic carbocycles. The number of rotatable bonds is 4. The van der Waals surface area contributed by atoms with E-state index in [1.807, 2.05) is 0 Å². The molecule has 1 heterocycles. The van der Waals surface area contributed by atoms with Crippen molar-refractivity contribution in [1.82, 2.24) is 10.4 Å². The summed E-state index contributed by atoms with van der Waals surface area (Å²) in [5.74, 6) is 0.730. The van der Waals surface area contributed by atoms with E-state index >= 15 is 0 Å². The summed E-state index contributed by atoms with van der Waals surface area (Å²) >= 11 is 0. The van der Waals surface area contributed by atoms with E-state index in [0.717, 1.165) is 12.5 Å². The van der Waals surface area contributed by atoms with Gasteiger partial charge >= 0.3 is 0 Å². The van der Waals surface area contributed by atoms with Crippen LogP contribution < -0.4 is 5.48 Å². The Kier molecular flexibility index (Phi) is 4.54. The van der Waals surface area contributed by atoms with Crippen LogP contribution in [0.3, 0.4) is 0 Å². The van der Waals surface area contributed by atoms with Crippen molar-refractivity contribution in [3.8, 4) is 0 Å². The van der Waals surface area contributed by atoms with Crippen LogP contribution in [0.2, 0.25) is 0 Å². The average Bonchev–Trinajstić information content (AvgIpc) is 2.37. The number of hydroxylamine groups is 1. The third kappa shape index (κ3) is 3.53. The second-order valence-electron chi connectivity index (χ2n) is 4.85. The summed E-state index contributed by atoms with van der Waals surface area (Å²) in [5, 5.41) is 0. The zero-order chi connectivity index (χ0) is 12.1. The van der Waals surface area contributed by atoms with Gasteiger partial charge in [-0.3, -0.25) is 0 Å². The Balaban J connectivity index is 2.00. The Hall–Kier alpha value is -0.900. The molecule has 1 aliphatic rings. The third-order valence-electron chi connectivity index (χ3n) is 3.56. The Morgan fingerprint density at radius 2 is 2.12 bits per heavy atom. The van der Waals surface area contributed by atoms with E-state index in [1.54, 1.807) is 7.11 Å². The molecule has 1 fully saturated rings. The highest BCUT2D eigenvalue weighted by Crippen LogP contribution is 2.27. The molecule has 0 unspecified atom stereocenters. The van der Waals surface area contributed by atoms with Gasteiger partial charge in [-0.05, 0) is 50.0 Å². The zero-order valence-electron chi connectivity index (χ0n) is 10.8. The van der Waals surface area contributed by atoms with Crippen molar-refractivity contribution >= 4 is 0 Å². The van der Waals surface area contributed by atoms with Gasteiger partial charge in [-0.2, -0.15) is 5.48 Å². The Morgan fingerprint density at radius 3 is 2.82 bits per heavy atom. The summed E-state index contributed by atoms with van der Waals surface area (Å²) in [6.07, 6.45) is 2.55. The molecule has 0 spiro atoms. The topological polar surface area (TPSA) is 24.5 Å². The van der Waals surface area contributed by atoms with Gasteiger partial charge in [0.1, 0.15) is 0 Å². The van der Waals surface area contributed by atoms with Crippen LogP contribution in [0, 0.1) is 0 Å². The molecule has 2 rings (SSSR count). The van der Waals surface area contributed by atoms with Crippen LogP contribution in [0.15, 0.2) is 24.3 Å². The van der Waals surface area contributed by atoms with E-state index in [4.69, 9.17) is 4.84 Å². The molecular weight excluding hydrogens is 212 g/mol. The monoisotopic (exact) mass is 234 g/mol. The maximum atomic E-state index is 4.89. The van der Waals surface area contributed by atoms with Gasteiger partial charge in [0.15, 0.2) is 0 Å². The number of piperidine rings is 1. The second-order valence-corrected chi connectivity index (χ2v) is 4.85. The first-order valence-corrected chi connectivity index (χ1v) is 6.33. The summed E-state index contributed by atoms with van der Waals surface area (Å²) in [6.45, 7) is 3.20. The molecule has 0 aromatic heterocycles. The summed E-state index contributed by atoms with van der Waals surface area (Å²) in [4.78, 5) is 7.30. The number of likely N-dealkylation sites (tertiary alicyclic amines) is 1. The summed E-state index contributed by atoms with van der Waals surface area (Å²) in [6, 6.07) is 8.86. The fourth-order valence-electron chi connectivity index (χ4n) is 2.45. The van der Waals surface area contributed by atoms with E-state index in [0.29, 0.717) is 0 Å². The summed E-state index contributed by atoms with van der Waals surface area (Å²) in [7, 11) is 3.86. The molecule has 0 radical (unpaired) electrons. The van der Waals surface area contributed by atoms with Crippen molar-refractivity contribution in [3.05, 3.63) is 35.4 Å². The molecule has 0 aliphatic carbocycles. The van der Waals surface area contributed by atoms with Gasteiger partial charge in [-0.25, -0.2) is 0 Å². The lowest BCUT2D eigenvalue weighted by Gasteiger charge is -2.29. The molecule has 0 atom stereocenters. The van der Waals surface area contributed by atoms with Crippen LogP contribution in [-0.4, -0.2) is 32.1 Å². The molecule has 1 N–H and O–H groups in total. The van der Waals surface area contributed by atoms with Crippen molar-refractivity contribution in [1.29, 1.82) is 0 Å². The molecule has 3 heteroatoms. The highest BCUT2D eigenvalue weighted by Gasteiger charge is 2.18. The van der Waals surface area contributed by atoms with E-state index in [1.165, 1.54) is 37.1 Å². The van der Waals surface area contributed by atoms with Crippen molar-refractivity contribution < 1.29 is 4.84 Å². The molecule has 1 aromatic rings. The Labute approximate surface area is 104 Å². The van der Waals surface area contributed by atoms with Crippen LogP contribution in [-0.2, 0) is 11.4 Å². The van der Waals surface area contributed by atoms with E-state index in [2.05, 4.69) is 41.7 Å². The van der Waals surface area contributed by atoms with Gasteiger partial charge in [0, 0.05) is 6.54 Å². The zero-order valence-corrected chi connectivity index (χ0v) is 10.8. The molecular formula is C14H22N2O. The van der Waals surface area contributed by atoms with Crippen molar-refractivity contribution in [2.24, 2.45) is 0 Å². The standard InChI is InChI=1S/C14H22N2O/c1-16-8-6-13(7-9-16)14-5-3-4-12(10-14)11-15-17-2/h3-5,10,13,15H,6-9,11H2,1-2H3. The van der Waals surface area contributed by atoms with Crippen molar-refractivity contribution in [2.45, 2.75) is 25.3 Å². The number of hydrogen-bond acceptors (Lipinski definition) is 3. The fraction of sp³-hybridized carbons (Fsp3) is 0.571. The average molecular weight is 234 g/mol. The highest BCUT2D eigenvalue weighted by molar-refractivity contribution is 5.26. The predicted octanol–water partition coefficient (Wildman–Crippen LogP) is 2.15. The number of hydrogen-bond donors (Lipinski definition) is 1. The fourth-order valence-corrected chi connectivity index (χ4v) is 2.45. The lowest BCUT2D eigenvalue weighted by atomic mass is 9.89. The SMILES string of the molecule is CONCc1cccc(C2CCN(C)CC2)c1. The minimum absolute atomic E-state index is 0.730. The lowest BCUT2D eigenvalue weighted by molar-refractivity contribution is 0.0867. The minimum atomic E-state index is 0.730. The molecule has 0 amide bonds. The summed E-state index contributed by atoms with van der Waals surface area (Å²) in [5.41, 5.74) is 5.67. The first-order valence-electron chi connectivity index (χ1n) is 6.33. The molecule has 3 nitrogen and oxygen atoms in total. The van der Waals surface area contributed by atoms with Crippen molar-refractivity contribution in [3.63, 3.8) is 0 Å². The van der Waals surface area contributed by atoms with Gasteiger partial charge < -0.3 is 9.74 Å². The molecule has 1 aliphatic heterocycles. The van der Waals surface area contributed by atoms with Crippen LogP contribution in [0.25, 0.3) is 0 Å². The molecule has 17 heavy (non-hydrogen) atoms. The normalized spacial score (nSPS) is 18.5. The van der Waals surface area contributed by atoms with Gasteiger partial charge in [-0.1, -0.05) is 24.3 Å². The summed E-state index contributed by atoms with van der Waals surface area (Å²) < 4.78 is 0. The predicted molar refractivity (Wildman–Crippen MR) is 69.8 cm³/mol. The van der Waals surface area contributed by atoms with Crippen LogP contribution in [0.4, 0.5) is 0 Å². The first-order chi connectivity index (χ1) is 8.29. The van der Waals surface area contributed by atoms with Gasteiger partial charge in [0.2, 0.25) is 0 Å². The smallest absolute Gasteiger partial charge is 0.0572 e. The van der Waals surface area contributed by atoms with E-state index in [-0.39, 0.29) is 0 Å². The molecule has 0 saturated carbocycles. The van der Waals surface area contributed by atoms with Gasteiger partial charge in [-0.15, -0.1) is 0 Å².